The first-order chi connectivity index (χ1) is 37.7. The lowest BCUT2D eigenvalue weighted by atomic mass is 9.92. The van der Waals surface area contributed by atoms with Crippen LogP contribution in [0.3, 0.4) is 0 Å². The molecular weight excluding hydrogens is 1010 g/mol. The zero-order valence-corrected chi connectivity index (χ0v) is 47.3. The van der Waals surface area contributed by atoms with Gasteiger partial charge >= 0.3 is 12.2 Å². The first-order valence-corrected chi connectivity index (χ1v) is 29.5. The number of likely N-dealkylation sites (N-methyl/N-ethyl adjacent to an activating group) is 1. The predicted molar refractivity (Wildman–Crippen MR) is 310 cm³/mol. The quantitative estimate of drug-likeness (QED) is 0.0720. The third-order valence-electron chi connectivity index (χ3n) is 15.9. The van der Waals surface area contributed by atoms with E-state index in [2.05, 4.69) is 56.0 Å². The molecule has 0 radical (unpaired) electrons. The molecule has 4 aliphatic heterocycles. The number of hydrogen-bond donors (Lipinski definition) is 2. The van der Waals surface area contributed by atoms with Crippen LogP contribution in [-0.4, -0.2) is 146 Å². The van der Waals surface area contributed by atoms with Gasteiger partial charge in [0, 0.05) is 82.5 Å². The summed E-state index contributed by atoms with van der Waals surface area (Å²) in [5, 5.41) is 3.67. The van der Waals surface area contributed by atoms with Crippen LogP contribution >= 0.6 is 23.2 Å². The van der Waals surface area contributed by atoms with Gasteiger partial charge in [-0.05, 0) is 181 Å². The number of H-pyrrole nitrogens is 2. The number of amides is 2. The van der Waals surface area contributed by atoms with E-state index < -0.39 is 0 Å². The van der Waals surface area contributed by atoms with Crippen molar-refractivity contribution in [1.29, 1.82) is 0 Å². The summed E-state index contributed by atoms with van der Waals surface area (Å²) in [5.41, 5.74) is 8.60. The van der Waals surface area contributed by atoms with Crippen molar-refractivity contribution in [3.63, 3.8) is 0 Å². The van der Waals surface area contributed by atoms with E-state index >= 15 is 0 Å². The Hall–Kier alpha value is -5.44. The van der Waals surface area contributed by atoms with E-state index in [-0.39, 0.29) is 24.3 Å². The monoisotopic (exact) mass is 1090 g/mol. The average molecular weight is 1090 g/mol. The summed E-state index contributed by atoms with van der Waals surface area (Å²) in [6.45, 7) is 16.8. The molecule has 2 aromatic heterocycles. The molecule has 77 heavy (non-hydrogen) atoms. The summed E-state index contributed by atoms with van der Waals surface area (Å²) in [6.07, 6.45) is 14.6. The van der Waals surface area contributed by atoms with Crippen LogP contribution in [0.2, 0.25) is 10.0 Å². The number of nitrogens with one attached hydrogen (secondary N) is 2. The van der Waals surface area contributed by atoms with Gasteiger partial charge in [-0.25, -0.2) is 9.59 Å². The molecule has 15 heteroatoms. The van der Waals surface area contributed by atoms with Crippen LogP contribution < -0.4 is 9.47 Å². The Bertz CT molecular complexity index is 2820. The molecule has 0 spiro atoms. The number of aromatic nitrogens is 2. The lowest BCUT2D eigenvalue weighted by molar-refractivity contribution is 0.0924. The molecule has 4 aromatic carbocycles. The number of piperidine rings is 1. The van der Waals surface area contributed by atoms with E-state index in [1.54, 1.807) is 0 Å². The lowest BCUT2D eigenvalue weighted by Gasteiger charge is -2.35. The molecule has 2 fully saturated rings. The Morgan fingerprint density at radius 3 is 1.39 bits per heavy atom. The van der Waals surface area contributed by atoms with Crippen molar-refractivity contribution < 1.29 is 28.5 Å². The number of carbonyl (C=O) groups excluding carboxylic acids is 2. The van der Waals surface area contributed by atoms with E-state index in [0.29, 0.717) is 36.3 Å². The Morgan fingerprint density at radius 2 is 0.948 bits per heavy atom. The van der Waals surface area contributed by atoms with Crippen LogP contribution in [0.4, 0.5) is 9.59 Å². The number of aromatic amines is 2. The van der Waals surface area contributed by atoms with Crippen molar-refractivity contribution in [1.82, 2.24) is 34.5 Å². The molecule has 414 valence electrons. The largest absolute Gasteiger partial charge is 0.494 e. The number of benzene rings is 4. The summed E-state index contributed by atoms with van der Waals surface area (Å²) in [7, 11) is 2.20. The smallest absolute Gasteiger partial charge is 0.410 e. The number of likely N-dealkylation sites (tertiary alicyclic amines) is 1. The number of rotatable bonds is 20. The number of nitrogens with zero attached hydrogens (tertiary/aromatic N) is 5. The van der Waals surface area contributed by atoms with Crippen molar-refractivity contribution in [2.24, 2.45) is 0 Å². The zero-order valence-electron chi connectivity index (χ0n) is 45.8. The third-order valence-corrected chi connectivity index (χ3v) is 16.4. The van der Waals surface area contributed by atoms with Crippen LogP contribution in [0.5, 0.6) is 11.5 Å². The van der Waals surface area contributed by atoms with Gasteiger partial charge in [0.15, 0.2) is 0 Å². The van der Waals surface area contributed by atoms with E-state index in [1.807, 2.05) is 84.3 Å². The molecule has 2 atom stereocenters. The summed E-state index contributed by atoms with van der Waals surface area (Å²) < 4.78 is 22.9. The maximum absolute atomic E-state index is 12.9. The highest BCUT2D eigenvalue weighted by Gasteiger charge is 2.37. The molecule has 13 nitrogen and oxygen atoms in total. The number of fused-ring (bicyclic) bond motifs is 6. The van der Waals surface area contributed by atoms with Crippen LogP contribution in [0.1, 0.15) is 130 Å². The third kappa shape index (κ3) is 14.6. The summed E-state index contributed by atoms with van der Waals surface area (Å²) >= 11 is 12.6. The fourth-order valence-electron chi connectivity index (χ4n) is 11.7. The number of unbranched alkanes of at least 4 members (excludes halogenated alkanes) is 6. The van der Waals surface area contributed by atoms with Gasteiger partial charge in [-0.2, -0.15) is 0 Å². The first-order valence-electron chi connectivity index (χ1n) is 28.7. The topological polar surface area (TPSA) is 119 Å². The van der Waals surface area contributed by atoms with Gasteiger partial charge in [0.05, 0.1) is 26.4 Å². The predicted octanol–water partition coefficient (Wildman–Crippen LogP) is 13.5. The van der Waals surface area contributed by atoms with E-state index in [0.717, 1.165) is 94.7 Å². The minimum atomic E-state index is -0.294. The van der Waals surface area contributed by atoms with Crippen molar-refractivity contribution in [2.45, 2.75) is 109 Å². The second-order valence-corrected chi connectivity index (χ2v) is 22.1. The second-order valence-electron chi connectivity index (χ2n) is 21.2. The molecular formula is C62H81Cl2N7O6. The molecule has 2 saturated heterocycles. The number of hydrogen-bond acceptors (Lipinski definition) is 9. The molecule has 4 aliphatic rings. The van der Waals surface area contributed by atoms with E-state index in [1.165, 1.54) is 121 Å². The average Bonchev–Trinajstić information content (AvgIpc) is 4.23. The minimum absolute atomic E-state index is 0.252. The van der Waals surface area contributed by atoms with Crippen molar-refractivity contribution in [2.75, 3.05) is 98.9 Å². The van der Waals surface area contributed by atoms with Crippen LogP contribution in [0.25, 0.3) is 21.8 Å². The molecule has 0 aliphatic carbocycles. The molecule has 2 unspecified atom stereocenters. The van der Waals surface area contributed by atoms with Gasteiger partial charge < -0.3 is 43.6 Å². The summed E-state index contributed by atoms with van der Waals surface area (Å²) in [6, 6.07) is 27.6. The molecule has 0 bridgehead atoms. The Morgan fingerprint density at radius 1 is 0.519 bits per heavy atom. The molecule has 2 N–H and O–H groups in total. The zero-order chi connectivity index (χ0) is 53.5. The normalized spacial score (nSPS) is 18.1. The molecule has 10 rings (SSSR count). The Kier molecular flexibility index (Phi) is 20.4. The number of carbonyl (C=O) groups is 2. The van der Waals surface area contributed by atoms with Crippen LogP contribution in [-0.2, 0) is 22.3 Å². The molecule has 2 amide bonds. The maximum atomic E-state index is 12.9. The molecule has 0 saturated carbocycles. The number of piperazine rings is 1. The minimum Gasteiger partial charge on any atom is -0.494 e. The lowest BCUT2D eigenvalue weighted by Crippen LogP contribution is -2.44. The second kappa shape index (κ2) is 27.9. The van der Waals surface area contributed by atoms with Crippen LogP contribution in [0.15, 0.2) is 84.9 Å². The highest BCUT2D eigenvalue weighted by Crippen LogP contribution is 2.42. The Balaban J connectivity index is 0.000000188. The van der Waals surface area contributed by atoms with Crippen LogP contribution in [0, 0.1) is 0 Å². The summed E-state index contributed by atoms with van der Waals surface area (Å²) in [4.78, 5) is 44.2. The van der Waals surface area contributed by atoms with Gasteiger partial charge in [0.25, 0.3) is 0 Å². The SMILES string of the molecule is CCOC(=O)N1CCc2c([nH]c3ccc(Cl)cc23)C1c1ccc(OCCCCCCN2CCCCC2)cc1.CCOC(=O)N1CCc2c([nH]c3ccc(Cl)cc23)C1c1ccc(OCCCCCCN2CCN(C)CC2)cc1. The van der Waals surface area contributed by atoms with Gasteiger partial charge in [0.2, 0.25) is 0 Å². The van der Waals surface area contributed by atoms with E-state index in [9.17, 15) is 9.59 Å². The molecule has 6 heterocycles. The van der Waals surface area contributed by atoms with Gasteiger partial charge in [-0.1, -0.05) is 79.6 Å². The van der Waals surface area contributed by atoms with E-state index in [4.69, 9.17) is 42.1 Å². The fraction of sp³-hybridized carbons (Fsp3) is 0.516. The standard InChI is InChI=1S/C31H41ClN4O3.C31H40ClN3O3/c1-3-38-31(37)36-16-14-26-27-22-24(32)10-13-28(27)33-29(26)30(36)23-8-11-25(12-9-23)39-21-7-5-4-6-15-35-19-17-34(2)18-20-35;1-2-37-31(36)35-20-16-26-27-22-24(32)12-15-28(27)33-29(26)30(35)23-10-13-25(14-11-23)38-21-9-4-3-6-17-34-18-7-5-8-19-34/h8-13,22,30,33H,3-7,14-21H2,1-2H3;10-15,22,30,33H,2-9,16-21H2,1H3. The maximum Gasteiger partial charge on any atom is 0.410 e. The van der Waals surface area contributed by atoms with Gasteiger partial charge in [-0.3, -0.25) is 9.80 Å². The number of halogens is 2. The van der Waals surface area contributed by atoms with Crippen molar-refractivity contribution in [3.8, 4) is 11.5 Å². The first kappa shape index (κ1) is 56.3. The highest BCUT2D eigenvalue weighted by atomic mass is 35.5. The number of ether oxygens (including phenoxy) is 4. The van der Waals surface area contributed by atoms with Crippen molar-refractivity contribution >= 4 is 57.2 Å². The highest BCUT2D eigenvalue weighted by molar-refractivity contribution is 6.31. The summed E-state index contributed by atoms with van der Waals surface area (Å²) in [5.74, 6) is 1.72. The van der Waals surface area contributed by atoms with Gasteiger partial charge in [-0.15, -0.1) is 0 Å². The Labute approximate surface area is 466 Å². The molecule has 6 aromatic rings. The fourth-order valence-corrected chi connectivity index (χ4v) is 12.1. The van der Waals surface area contributed by atoms with Crippen molar-refractivity contribution in [3.05, 3.63) is 129 Å². The van der Waals surface area contributed by atoms with Gasteiger partial charge in [0.1, 0.15) is 23.6 Å².